The molecule has 0 unspecified atom stereocenters. The number of hydrogen-bond donors (Lipinski definition) is 1. The van der Waals surface area contributed by atoms with E-state index < -0.39 is 17.7 Å². The maximum absolute atomic E-state index is 13.6. The monoisotopic (exact) mass is 297 g/mol. The number of carboxylic acid groups (broad SMARTS) is 1. The molecule has 0 saturated carbocycles. The van der Waals surface area contributed by atoms with Gasteiger partial charge in [-0.2, -0.15) is 0 Å². The lowest BCUT2D eigenvalue weighted by atomic mass is 10.2. The molecule has 3 nitrogen and oxygen atoms in total. The van der Waals surface area contributed by atoms with Gasteiger partial charge in [0.2, 0.25) is 0 Å². The van der Waals surface area contributed by atoms with Gasteiger partial charge in [0.25, 0.3) is 0 Å². The van der Waals surface area contributed by atoms with Crippen LogP contribution in [0.4, 0.5) is 19.3 Å². The van der Waals surface area contributed by atoms with Gasteiger partial charge < -0.3 is 5.11 Å². The first-order valence-electron chi connectivity index (χ1n) is 5.68. The second kappa shape index (κ2) is 5.88. The van der Waals surface area contributed by atoms with Gasteiger partial charge in [0.15, 0.2) is 11.6 Å². The highest BCUT2D eigenvalue weighted by Crippen LogP contribution is 2.23. The van der Waals surface area contributed by atoms with Crippen molar-refractivity contribution in [3.05, 3.63) is 64.7 Å². The van der Waals surface area contributed by atoms with Crippen molar-refractivity contribution in [3.8, 4) is 0 Å². The molecule has 0 heterocycles. The second-order valence-corrected chi connectivity index (χ2v) is 4.50. The molecule has 0 spiro atoms. The SMILES string of the molecule is O=C(O)N(Cc1cccc(F)c1F)c1cccc(Cl)c1. The van der Waals surface area contributed by atoms with Crippen molar-refractivity contribution in [2.45, 2.75) is 6.54 Å². The summed E-state index contributed by atoms with van der Waals surface area (Å²) in [5.74, 6) is -2.07. The van der Waals surface area contributed by atoms with Crippen LogP contribution in [0.2, 0.25) is 5.02 Å². The molecule has 104 valence electrons. The van der Waals surface area contributed by atoms with Crippen molar-refractivity contribution in [1.29, 1.82) is 0 Å². The highest BCUT2D eigenvalue weighted by molar-refractivity contribution is 6.30. The van der Waals surface area contributed by atoms with Crippen LogP contribution >= 0.6 is 11.6 Å². The lowest BCUT2D eigenvalue weighted by Crippen LogP contribution is -2.29. The molecule has 2 aromatic rings. The smallest absolute Gasteiger partial charge is 0.412 e. The van der Waals surface area contributed by atoms with Gasteiger partial charge in [-0.3, -0.25) is 4.90 Å². The van der Waals surface area contributed by atoms with Crippen LogP contribution in [-0.2, 0) is 6.54 Å². The summed E-state index contributed by atoms with van der Waals surface area (Å²) >= 11 is 5.80. The molecule has 6 heteroatoms. The van der Waals surface area contributed by atoms with Crippen LogP contribution in [0.15, 0.2) is 42.5 Å². The molecular weight excluding hydrogens is 288 g/mol. The molecular formula is C14H10ClF2NO2. The van der Waals surface area contributed by atoms with Gasteiger partial charge in [0.1, 0.15) is 0 Å². The first kappa shape index (κ1) is 14.3. The summed E-state index contributed by atoms with van der Waals surface area (Å²) in [6, 6.07) is 9.77. The minimum atomic E-state index is -1.28. The first-order valence-corrected chi connectivity index (χ1v) is 6.06. The summed E-state index contributed by atoms with van der Waals surface area (Å²) in [5.41, 5.74) is 0.237. The normalized spacial score (nSPS) is 10.3. The van der Waals surface area contributed by atoms with Crippen molar-refractivity contribution in [3.63, 3.8) is 0 Å². The quantitative estimate of drug-likeness (QED) is 0.917. The lowest BCUT2D eigenvalue weighted by Gasteiger charge is -2.20. The number of rotatable bonds is 3. The zero-order valence-corrected chi connectivity index (χ0v) is 10.9. The van der Waals surface area contributed by atoms with Crippen molar-refractivity contribution in [1.82, 2.24) is 0 Å². The predicted octanol–water partition coefficient (Wildman–Crippen LogP) is 4.30. The molecule has 20 heavy (non-hydrogen) atoms. The number of amides is 1. The molecule has 0 radical (unpaired) electrons. The van der Waals surface area contributed by atoms with E-state index in [0.717, 1.165) is 11.0 Å². The second-order valence-electron chi connectivity index (χ2n) is 4.06. The van der Waals surface area contributed by atoms with Crippen LogP contribution in [0.1, 0.15) is 5.56 Å². The Morgan fingerprint density at radius 1 is 1.20 bits per heavy atom. The molecule has 0 aromatic heterocycles. The number of hydrogen-bond acceptors (Lipinski definition) is 1. The number of nitrogens with zero attached hydrogens (tertiary/aromatic N) is 1. The third kappa shape index (κ3) is 3.05. The van der Waals surface area contributed by atoms with Gasteiger partial charge in [-0.15, -0.1) is 0 Å². The Morgan fingerprint density at radius 2 is 1.90 bits per heavy atom. The summed E-state index contributed by atoms with van der Waals surface area (Å²) in [5, 5.41) is 9.56. The molecule has 0 atom stereocenters. The van der Waals surface area contributed by atoms with Gasteiger partial charge in [-0.25, -0.2) is 13.6 Å². The Labute approximate surface area is 119 Å². The lowest BCUT2D eigenvalue weighted by molar-refractivity contribution is 0.201. The Bertz CT molecular complexity index is 649. The zero-order valence-electron chi connectivity index (χ0n) is 10.2. The van der Waals surface area contributed by atoms with E-state index in [0.29, 0.717) is 5.02 Å². The average molecular weight is 298 g/mol. The van der Waals surface area contributed by atoms with Gasteiger partial charge >= 0.3 is 6.09 Å². The Hall–Kier alpha value is -2.14. The average Bonchev–Trinajstić information content (AvgIpc) is 2.40. The molecule has 0 fully saturated rings. The Morgan fingerprint density at radius 3 is 2.55 bits per heavy atom. The summed E-state index contributed by atoms with van der Waals surface area (Å²) < 4.78 is 26.7. The van der Waals surface area contributed by atoms with Crippen molar-refractivity contribution in [2.24, 2.45) is 0 Å². The summed E-state index contributed by atoms with van der Waals surface area (Å²) in [6.45, 7) is -0.306. The van der Waals surface area contributed by atoms with E-state index in [1.165, 1.54) is 24.3 Å². The summed E-state index contributed by atoms with van der Waals surface area (Å²) in [4.78, 5) is 12.2. The van der Waals surface area contributed by atoms with Crippen LogP contribution in [0.3, 0.4) is 0 Å². The standard InChI is InChI=1S/C14H10ClF2NO2/c15-10-4-2-5-11(7-10)18(14(19)20)8-9-3-1-6-12(16)13(9)17/h1-7H,8H2,(H,19,20). The maximum atomic E-state index is 13.6. The molecule has 1 amide bonds. The Balaban J connectivity index is 2.36. The summed E-state index contributed by atoms with van der Waals surface area (Å²) in [6.07, 6.45) is -1.28. The number of halogens is 3. The minimum Gasteiger partial charge on any atom is -0.465 e. The van der Waals surface area contributed by atoms with Crippen LogP contribution in [-0.4, -0.2) is 11.2 Å². The fraction of sp³-hybridized carbons (Fsp3) is 0.0714. The van der Waals surface area contributed by atoms with E-state index >= 15 is 0 Å². The number of benzene rings is 2. The predicted molar refractivity (Wildman–Crippen MR) is 72.0 cm³/mol. The largest absolute Gasteiger partial charge is 0.465 e. The third-order valence-electron chi connectivity index (χ3n) is 2.71. The molecule has 1 N–H and O–H groups in total. The fourth-order valence-corrected chi connectivity index (χ4v) is 1.94. The Kier molecular flexibility index (Phi) is 4.20. The van der Waals surface area contributed by atoms with E-state index in [1.807, 2.05) is 0 Å². The van der Waals surface area contributed by atoms with Gasteiger partial charge in [0, 0.05) is 16.3 Å². The van der Waals surface area contributed by atoms with Gasteiger partial charge in [0.05, 0.1) is 6.54 Å². The zero-order chi connectivity index (χ0) is 14.7. The molecule has 0 aliphatic rings. The highest BCUT2D eigenvalue weighted by Gasteiger charge is 2.18. The molecule has 2 rings (SSSR count). The van der Waals surface area contributed by atoms with Crippen molar-refractivity contribution >= 4 is 23.4 Å². The number of anilines is 1. The molecule has 0 aliphatic carbocycles. The maximum Gasteiger partial charge on any atom is 0.412 e. The first-order chi connectivity index (χ1) is 9.49. The number of carbonyl (C=O) groups is 1. The van der Waals surface area contributed by atoms with Crippen molar-refractivity contribution in [2.75, 3.05) is 4.90 Å². The van der Waals surface area contributed by atoms with E-state index in [2.05, 4.69) is 0 Å². The van der Waals surface area contributed by atoms with Crippen molar-refractivity contribution < 1.29 is 18.7 Å². The fourth-order valence-electron chi connectivity index (χ4n) is 1.75. The molecule has 0 saturated heterocycles. The molecule has 0 aliphatic heterocycles. The summed E-state index contributed by atoms with van der Waals surface area (Å²) in [7, 11) is 0. The van der Waals surface area contributed by atoms with Crippen LogP contribution < -0.4 is 4.90 Å². The van der Waals surface area contributed by atoms with E-state index in [1.54, 1.807) is 12.1 Å². The van der Waals surface area contributed by atoms with Crippen LogP contribution in [0.25, 0.3) is 0 Å². The highest BCUT2D eigenvalue weighted by atomic mass is 35.5. The van der Waals surface area contributed by atoms with Gasteiger partial charge in [-0.1, -0.05) is 29.8 Å². The van der Waals surface area contributed by atoms with Crippen LogP contribution in [0.5, 0.6) is 0 Å². The van der Waals surface area contributed by atoms with Crippen LogP contribution in [0, 0.1) is 11.6 Å². The molecule has 2 aromatic carbocycles. The third-order valence-corrected chi connectivity index (χ3v) is 2.95. The van der Waals surface area contributed by atoms with E-state index in [4.69, 9.17) is 11.6 Å². The topological polar surface area (TPSA) is 40.5 Å². The van der Waals surface area contributed by atoms with Gasteiger partial charge in [-0.05, 0) is 24.3 Å². The van der Waals surface area contributed by atoms with E-state index in [-0.39, 0.29) is 17.8 Å². The minimum absolute atomic E-state index is 0.0487. The molecule has 0 bridgehead atoms. The van der Waals surface area contributed by atoms with E-state index in [9.17, 15) is 18.7 Å².